The SMILES string of the molecule is CC(NCc1ccc([N+](=O)[O-])cc1)c1cc2c(cc1Br)OCCO2. The third-order valence-corrected chi connectivity index (χ3v) is 4.57. The maximum Gasteiger partial charge on any atom is 0.269 e. The molecule has 0 amide bonds. The first-order chi connectivity index (χ1) is 11.5. The van der Waals surface area contributed by atoms with Gasteiger partial charge in [-0.3, -0.25) is 10.1 Å². The number of benzene rings is 2. The summed E-state index contributed by atoms with van der Waals surface area (Å²) in [4.78, 5) is 10.3. The van der Waals surface area contributed by atoms with Crippen LogP contribution >= 0.6 is 15.9 Å². The Morgan fingerprint density at radius 3 is 2.46 bits per heavy atom. The summed E-state index contributed by atoms with van der Waals surface area (Å²) in [7, 11) is 0. The topological polar surface area (TPSA) is 73.6 Å². The molecule has 126 valence electrons. The number of nitrogens with one attached hydrogen (secondary N) is 1. The van der Waals surface area contributed by atoms with Gasteiger partial charge in [-0.25, -0.2) is 0 Å². The molecule has 24 heavy (non-hydrogen) atoms. The van der Waals surface area contributed by atoms with Crippen LogP contribution in [-0.4, -0.2) is 18.1 Å². The molecule has 3 rings (SSSR count). The smallest absolute Gasteiger partial charge is 0.269 e. The molecule has 0 aromatic heterocycles. The zero-order chi connectivity index (χ0) is 17.1. The van der Waals surface area contributed by atoms with Gasteiger partial charge in [0, 0.05) is 29.2 Å². The highest BCUT2D eigenvalue weighted by Crippen LogP contribution is 2.37. The molecule has 1 aliphatic heterocycles. The predicted molar refractivity (Wildman–Crippen MR) is 93.5 cm³/mol. The standard InChI is InChI=1S/C17H17BrN2O4/c1-11(19-10-12-2-4-13(5-3-12)20(21)22)14-8-16-17(9-15(14)18)24-7-6-23-16/h2-5,8-9,11,19H,6-7,10H2,1H3. The van der Waals surface area contributed by atoms with Gasteiger partial charge in [0.25, 0.3) is 5.69 Å². The van der Waals surface area contributed by atoms with Gasteiger partial charge in [0.1, 0.15) is 13.2 Å². The summed E-state index contributed by atoms with van der Waals surface area (Å²) in [6.07, 6.45) is 0. The number of halogens is 1. The van der Waals surface area contributed by atoms with Crippen molar-refractivity contribution in [2.45, 2.75) is 19.5 Å². The van der Waals surface area contributed by atoms with Crippen molar-refractivity contribution >= 4 is 21.6 Å². The van der Waals surface area contributed by atoms with Crippen LogP contribution in [0.5, 0.6) is 11.5 Å². The second-order valence-corrected chi connectivity index (χ2v) is 6.40. The Labute approximate surface area is 148 Å². The summed E-state index contributed by atoms with van der Waals surface area (Å²) in [5.74, 6) is 1.50. The molecule has 2 aromatic rings. The lowest BCUT2D eigenvalue weighted by atomic mass is 10.1. The van der Waals surface area contributed by atoms with E-state index in [1.165, 1.54) is 12.1 Å². The zero-order valence-corrected chi connectivity index (χ0v) is 14.7. The van der Waals surface area contributed by atoms with Gasteiger partial charge in [-0.05, 0) is 30.2 Å². The first-order valence-electron chi connectivity index (χ1n) is 7.60. The molecule has 0 bridgehead atoms. The number of ether oxygens (including phenoxy) is 2. The van der Waals surface area contributed by atoms with Crippen LogP contribution in [0.2, 0.25) is 0 Å². The fraction of sp³-hybridized carbons (Fsp3) is 0.294. The van der Waals surface area contributed by atoms with E-state index in [0.717, 1.165) is 27.1 Å². The highest BCUT2D eigenvalue weighted by molar-refractivity contribution is 9.10. The second kappa shape index (κ2) is 7.19. The average Bonchev–Trinajstić information content (AvgIpc) is 2.59. The first kappa shape index (κ1) is 16.7. The summed E-state index contributed by atoms with van der Waals surface area (Å²) < 4.78 is 12.2. The third-order valence-electron chi connectivity index (χ3n) is 3.89. The van der Waals surface area contributed by atoms with Crippen LogP contribution in [0.3, 0.4) is 0 Å². The van der Waals surface area contributed by atoms with Crippen LogP contribution < -0.4 is 14.8 Å². The van der Waals surface area contributed by atoms with Gasteiger partial charge < -0.3 is 14.8 Å². The molecule has 2 aromatic carbocycles. The van der Waals surface area contributed by atoms with E-state index in [9.17, 15) is 10.1 Å². The molecular weight excluding hydrogens is 376 g/mol. The van der Waals surface area contributed by atoms with Crippen LogP contribution in [0.1, 0.15) is 24.1 Å². The van der Waals surface area contributed by atoms with Crippen molar-refractivity contribution in [1.82, 2.24) is 5.32 Å². The molecule has 0 saturated carbocycles. The van der Waals surface area contributed by atoms with E-state index in [-0.39, 0.29) is 11.7 Å². The molecule has 1 heterocycles. The zero-order valence-electron chi connectivity index (χ0n) is 13.1. The first-order valence-corrected chi connectivity index (χ1v) is 8.39. The van der Waals surface area contributed by atoms with Gasteiger partial charge in [0.15, 0.2) is 11.5 Å². The molecule has 0 aliphatic carbocycles. The molecule has 7 heteroatoms. The van der Waals surface area contributed by atoms with Gasteiger partial charge in [-0.15, -0.1) is 0 Å². The number of hydrogen-bond donors (Lipinski definition) is 1. The molecule has 0 saturated heterocycles. The van der Waals surface area contributed by atoms with Gasteiger partial charge in [0.05, 0.1) is 4.92 Å². The van der Waals surface area contributed by atoms with Gasteiger partial charge in [0.2, 0.25) is 0 Å². The predicted octanol–water partition coefficient (Wildman–Crippen LogP) is 3.98. The summed E-state index contributed by atoms with van der Waals surface area (Å²) in [5, 5.41) is 14.1. The number of fused-ring (bicyclic) bond motifs is 1. The van der Waals surface area contributed by atoms with Crippen LogP contribution in [-0.2, 0) is 6.54 Å². The van der Waals surface area contributed by atoms with Crippen LogP contribution in [0.15, 0.2) is 40.9 Å². The largest absolute Gasteiger partial charge is 0.486 e. The molecule has 1 unspecified atom stereocenters. The van der Waals surface area contributed by atoms with Crippen molar-refractivity contribution in [2.24, 2.45) is 0 Å². The van der Waals surface area contributed by atoms with Crippen molar-refractivity contribution in [3.63, 3.8) is 0 Å². The van der Waals surface area contributed by atoms with Crippen molar-refractivity contribution in [1.29, 1.82) is 0 Å². The number of non-ortho nitro benzene ring substituents is 1. The Bertz CT molecular complexity index is 749. The van der Waals surface area contributed by atoms with Gasteiger partial charge in [-0.1, -0.05) is 28.1 Å². The van der Waals surface area contributed by atoms with E-state index in [2.05, 4.69) is 28.2 Å². The Morgan fingerprint density at radius 1 is 1.21 bits per heavy atom. The molecule has 0 spiro atoms. The fourth-order valence-electron chi connectivity index (χ4n) is 2.53. The lowest BCUT2D eigenvalue weighted by Crippen LogP contribution is -2.20. The summed E-state index contributed by atoms with van der Waals surface area (Å²) >= 11 is 3.58. The Morgan fingerprint density at radius 2 is 1.83 bits per heavy atom. The van der Waals surface area contributed by atoms with E-state index >= 15 is 0 Å². The monoisotopic (exact) mass is 392 g/mol. The molecule has 1 aliphatic rings. The normalized spacial score (nSPS) is 14.2. The lowest BCUT2D eigenvalue weighted by molar-refractivity contribution is -0.384. The van der Waals surface area contributed by atoms with Gasteiger partial charge >= 0.3 is 0 Å². The van der Waals surface area contributed by atoms with E-state index in [4.69, 9.17) is 9.47 Å². The maximum atomic E-state index is 10.7. The Balaban J connectivity index is 1.68. The van der Waals surface area contributed by atoms with Crippen molar-refractivity contribution < 1.29 is 14.4 Å². The molecule has 1 N–H and O–H groups in total. The third kappa shape index (κ3) is 3.68. The lowest BCUT2D eigenvalue weighted by Gasteiger charge is -2.22. The van der Waals surface area contributed by atoms with Crippen molar-refractivity contribution in [3.05, 3.63) is 62.1 Å². The number of nitro groups is 1. The summed E-state index contributed by atoms with van der Waals surface area (Å²) in [6.45, 7) is 3.78. The van der Waals surface area contributed by atoms with Crippen LogP contribution in [0, 0.1) is 10.1 Å². The minimum Gasteiger partial charge on any atom is -0.486 e. The van der Waals surface area contributed by atoms with E-state index in [1.807, 2.05) is 12.1 Å². The average molecular weight is 393 g/mol. The van der Waals surface area contributed by atoms with Crippen molar-refractivity contribution in [3.8, 4) is 11.5 Å². The highest BCUT2D eigenvalue weighted by Gasteiger charge is 2.18. The van der Waals surface area contributed by atoms with Crippen LogP contribution in [0.4, 0.5) is 5.69 Å². The van der Waals surface area contributed by atoms with Crippen molar-refractivity contribution in [2.75, 3.05) is 13.2 Å². The minimum atomic E-state index is -0.397. The summed E-state index contributed by atoms with van der Waals surface area (Å²) in [6, 6.07) is 10.5. The quantitative estimate of drug-likeness (QED) is 0.615. The summed E-state index contributed by atoms with van der Waals surface area (Å²) in [5.41, 5.74) is 2.16. The van der Waals surface area contributed by atoms with E-state index in [1.54, 1.807) is 12.1 Å². The van der Waals surface area contributed by atoms with E-state index in [0.29, 0.717) is 19.8 Å². The minimum absolute atomic E-state index is 0.0744. The van der Waals surface area contributed by atoms with E-state index < -0.39 is 4.92 Å². The molecular formula is C17H17BrN2O4. The van der Waals surface area contributed by atoms with Crippen LogP contribution in [0.25, 0.3) is 0 Å². The maximum absolute atomic E-state index is 10.7. The number of rotatable bonds is 5. The molecule has 6 nitrogen and oxygen atoms in total. The Hall–Kier alpha value is -2.12. The number of hydrogen-bond acceptors (Lipinski definition) is 5. The number of nitro benzene ring substituents is 1. The fourth-order valence-corrected chi connectivity index (χ4v) is 3.19. The van der Waals surface area contributed by atoms with Gasteiger partial charge in [-0.2, -0.15) is 0 Å². The highest BCUT2D eigenvalue weighted by atomic mass is 79.9. The Kier molecular flexibility index (Phi) is 5.01. The molecule has 0 fully saturated rings. The molecule has 0 radical (unpaired) electrons. The molecule has 1 atom stereocenters. The second-order valence-electron chi connectivity index (χ2n) is 5.54. The number of nitrogens with zero attached hydrogens (tertiary/aromatic N) is 1.